The molecule has 18 heavy (non-hydrogen) atoms. The quantitative estimate of drug-likeness (QED) is 0.831. The van der Waals surface area contributed by atoms with E-state index in [9.17, 15) is 9.18 Å². The van der Waals surface area contributed by atoms with Gasteiger partial charge in [-0.15, -0.1) is 0 Å². The highest BCUT2D eigenvalue weighted by Crippen LogP contribution is 2.09. The van der Waals surface area contributed by atoms with Crippen LogP contribution >= 0.6 is 0 Å². The summed E-state index contributed by atoms with van der Waals surface area (Å²) in [7, 11) is 1.46. The predicted octanol–water partition coefficient (Wildman–Crippen LogP) is 1.75. The molecule has 0 saturated carbocycles. The van der Waals surface area contributed by atoms with Crippen LogP contribution < -0.4 is 10.3 Å². The van der Waals surface area contributed by atoms with E-state index in [0.717, 1.165) is 5.56 Å². The summed E-state index contributed by atoms with van der Waals surface area (Å²) in [6, 6.07) is 6.22. The molecule has 0 unspecified atom stereocenters. The van der Waals surface area contributed by atoms with Gasteiger partial charge in [0.1, 0.15) is 5.82 Å². The van der Waals surface area contributed by atoms with Crippen LogP contribution in [0, 0.1) is 12.7 Å². The smallest absolute Gasteiger partial charge is 0.299 e. The van der Waals surface area contributed by atoms with Gasteiger partial charge in [0.05, 0.1) is 13.7 Å². The number of hydrogen-bond donors (Lipinski definition) is 0. The minimum Gasteiger partial charge on any atom is -0.468 e. The number of ether oxygens (including phenoxy) is 1. The molecule has 1 heterocycles. The van der Waals surface area contributed by atoms with Gasteiger partial charge in [0.15, 0.2) is 0 Å². The molecule has 4 nitrogen and oxygen atoms in total. The van der Waals surface area contributed by atoms with Crippen molar-refractivity contribution in [3.63, 3.8) is 0 Å². The molecule has 2 aromatic rings. The van der Waals surface area contributed by atoms with Gasteiger partial charge >= 0.3 is 0 Å². The summed E-state index contributed by atoms with van der Waals surface area (Å²) in [6.07, 6.45) is 1.47. The first-order chi connectivity index (χ1) is 8.61. The average Bonchev–Trinajstić information content (AvgIpc) is 2.38. The number of halogens is 1. The van der Waals surface area contributed by atoms with Crippen molar-refractivity contribution in [2.45, 2.75) is 13.5 Å². The Bertz CT molecular complexity index is 605. The van der Waals surface area contributed by atoms with Crippen LogP contribution in [0.3, 0.4) is 0 Å². The summed E-state index contributed by atoms with van der Waals surface area (Å²) in [5.41, 5.74) is 1.19. The molecule has 5 heteroatoms. The molecule has 0 aliphatic heterocycles. The predicted molar refractivity (Wildman–Crippen MR) is 65.3 cm³/mol. The molecule has 0 radical (unpaired) electrons. The lowest BCUT2D eigenvalue weighted by atomic mass is 10.2. The van der Waals surface area contributed by atoms with E-state index in [1.807, 2.05) is 0 Å². The van der Waals surface area contributed by atoms with E-state index in [-0.39, 0.29) is 17.4 Å². The van der Waals surface area contributed by atoms with Crippen LogP contribution in [-0.2, 0) is 6.54 Å². The Morgan fingerprint density at radius 2 is 2.00 bits per heavy atom. The van der Waals surface area contributed by atoms with Gasteiger partial charge in [0.2, 0.25) is 0 Å². The zero-order valence-electron chi connectivity index (χ0n) is 10.2. The summed E-state index contributed by atoms with van der Waals surface area (Å²) in [6.45, 7) is 1.99. The van der Waals surface area contributed by atoms with Crippen LogP contribution in [-0.4, -0.2) is 16.7 Å². The SMILES string of the molecule is COc1ncc(C)c(=O)n1Cc1ccc(F)cc1. The highest BCUT2D eigenvalue weighted by atomic mass is 19.1. The monoisotopic (exact) mass is 248 g/mol. The summed E-state index contributed by atoms with van der Waals surface area (Å²) >= 11 is 0. The Hall–Kier alpha value is -2.17. The maximum absolute atomic E-state index is 12.8. The number of aryl methyl sites for hydroxylation is 1. The van der Waals surface area contributed by atoms with Crippen LogP contribution in [0.25, 0.3) is 0 Å². The van der Waals surface area contributed by atoms with Crippen molar-refractivity contribution in [1.29, 1.82) is 0 Å². The summed E-state index contributed by atoms with van der Waals surface area (Å²) in [5, 5.41) is 0. The Morgan fingerprint density at radius 3 is 2.61 bits per heavy atom. The normalized spacial score (nSPS) is 10.4. The molecule has 1 aromatic carbocycles. The maximum atomic E-state index is 12.8. The number of benzene rings is 1. The molecule has 0 bridgehead atoms. The molecule has 0 aliphatic rings. The Morgan fingerprint density at radius 1 is 1.33 bits per heavy atom. The fraction of sp³-hybridized carbons (Fsp3) is 0.231. The number of nitrogens with zero attached hydrogens (tertiary/aromatic N) is 2. The second-order valence-electron chi connectivity index (χ2n) is 3.95. The Kier molecular flexibility index (Phi) is 3.41. The van der Waals surface area contributed by atoms with Gasteiger partial charge in [0, 0.05) is 11.8 Å². The van der Waals surface area contributed by atoms with Crippen LogP contribution in [0.1, 0.15) is 11.1 Å². The number of rotatable bonds is 3. The van der Waals surface area contributed by atoms with E-state index in [0.29, 0.717) is 12.1 Å². The molecule has 0 aliphatic carbocycles. The molecule has 0 saturated heterocycles. The van der Waals surface area contributed by atoms with E-state index in [1.165, 1.54) is 30.0 Å². The summed E-state index contributed by atoms with van der Waals surface area (Å²) in [5.74, 6) is -0.305. The third-order valence-corrected chi connectivity index (χ3v) is 2.62. The fourth-order valence-corrected chi connectivity index (χ4v) is 1.65. The van der Waals surface area contributed by atoms with Gasteiger partial charge in [-0.25, -0.2) is 9.37 Å². The van der Waals surface area contributed by atoms with Gasteiger partial charge in [-0.2, -0.15) is 0 Å². The average molecular weight is 248 g/mol. The highest BCUT2D eigenvalue weighted by Gasteiger charge is 2.08. The van der Waals surface area contributed by atoms with Crippen LogP contribution in [0.5, 0.6) is 6.01 Å². The van der Waals surface area contributed by atoms with Gasteiger partial charge in [0.25, 0.3) is 11.6 Å². The molecule has 0 spiro atoms. The van der Waals surface area contributed by atoms with Crippen LogP contribution in [0.15, 0.2) is 35.3 Å². The van der Waals surface area contributed by atoms with Crippen molar-refractivity contribution < 1.29 is 9.13 Å². The zero-order chi connectivity index (χ0) is 13.1. The minimum absolute atomic E-state index is 0.161. The molecule has 0 amide bonds. The van der Waals surface area contributed by atoms with Crippen molar-refractivity contribution >= 4 is 0 Å². The van der Waals surface area contributed by atoms with E-state index in [2.05, 4.69) is 4.98 Å². The Labute approximate surface area is 104 Å². The van der Waals surface area contributed by atoms with Crippen LogP contribution in [0.2, 0.25) is 0 Å². The van der Waals surface area contributed by atoms with Crippen LogP contribution in [0.4, 0.5) is 4.39 Å². The van der Waals surface area contributed by atoms with Crippen molar-refractivity contribution in [1.82, 2.24) is 9.55 Å². The first-order valence-electron chi connectivity index (χ1n) is 5.46. The number of aromatic nitrogens is 2. The second-order valence-corrected chi connectivity index (χ2v) is 3.95. The Balaban J connectivity index is 2.42. The first-order valence-corrected chi connectivity index (χ1v) is 5.46. The van der Waals surface area contributed by atoms with E-state index < -0.39 is 0 Å². The lowest BCUT2D eigenvalue weighted by molar-refractivity contribution is 0.350. The van der Waals surface area contributed by atoms with E-state index >= 15 is 0 Å². The molecule has 1 aromatic heterocycles. The van der Waals surface area contributed by atoms with Gasteiger partial charge in [-0.3, -0.25) is 9.36 Å². The molecule has 0 atom stereocenters. The minimum atomic E-state index is -0.305. The van der Waals surface area contributed by atoms with Gasteiger partial charge < -0.3 is 4.74 Å². The van der Waals surface area contributed by atoms with Gasteiger partial charge in [-0.1, -0.05) is 12.1 Å². The molecule has 2 rings (SSSR count). The topological polar surface area (TPSA) is 44.1 Å². The van der Waals surface area contributed by atoms with Gasteiger partial charge in [-0.05, 0) is 24.6 Å². The number of hydrogen-bond acceptors (Lipinski definition) is 3. The van der Waals surface area contributed by atoms with Crippen molar-refractivity contribution in [2.75, 3.05) is 7.11 Å². The molecule has 0 fully saturated rings. The lowest BCUT2D eigenvalue weighted by Gasteiger charge is -2.11. The first kappa shape index (κ1) is 12.3. The molecular formula is C13H13FN2O2. The van der Waals surface area contributed by atoms with Crippen molar-refractivity contribution in [3.8, 4) is 6.01 Å². The highest BCUT2D eigenvalue weighted by molar-refractivity contribution is 5.18. The third kappa shape index (κ3) is 2.40. The second kappa shape index (κ2) is 5.00. The standard InChI is InChI=1S/C13H13FN2O2/c1-9-7-15-13(18-2)16(12(9)17)8-10-3-5-11(14)6-4-10/h3-7H,8H2,1-2H3. The molecule has 0 N–H and O–H groups in total. The maximum Gasteiger partial charge on any atom is 0.299 e. The molecular weight excluding hydrogens is 235 g/mol. The number of methoxy groups -OCH3 is 1. The van der Waals surface area contributed by atoms with Crippen molar-refractivity contribution in [2.24, 2.45) is 0 Å². The fourth-order valence-electron chi connectivity index (χ4n) is 1.65. The van der Waals surface area contributed by atoms with E-state index in [4.69, 9.17) is 4.74 Å². The largest absolute Gasteiger partial charge is 0.468 e. The van der Waals surface area contributed by atoms with E-state index in [1.54, 1.807) is 19.1 Å². The van der Waals surface area contributed by atoms with Crippen molar-refractivity contribution in [3.05, 3.63) is 57.8 Å². The zero-order valence-corrected chi connectivity index (χ0v) is 10.2. The molecule has 94 valence electrons. The summed E-state index contributed by atoms with van der Waals surface area (Å²) in [4.78, 5) is 16.0. The lowest BCUT2D eigenvalue weighted by Crippen LogP contribution is -2.25. The summed E-state index contributed by atoms with van der Waals surface area (Å²) < 4.78 is 19.3. The third-order valence-electron chi connectivity index (χ3n) is 2.62.